The second-order valence-electron chi connectivity index (χ2n) is 6.31. The summed E-state index contributed by atoms with van der Waals surface area (Å²) in [5.41, 5.74) is 0.909. The lowest BCUT2D eigenvalue weighted by atomic mass is 10.1. The highest BCUT2D eigenvalue weighted by atomic mass is 16.5. The average Bonchev–Trinajstić information content (AvgIpc) is 2.35. The number of hydrogen-bond donors (Lipinski definition) is 3. The summed E-state index contributed by atoms with van der Waals surface area (Å²) in [6.45, 7) is 9.10. The Morgan fingerprint density at radius 3 is 2.48 bits per heavy atom. The van der Waals surface area contributed by atoms with Crippen LogP contribution < -0.4 is 15.4 Å². The van der Waals surface area contributed by atoms with Crippen molar-refractivity contribution in [2.75, 3.05) is 13.2 Å². The average molecular weight is 295 g/mol. The number of aliphatic hydroxyl groups is 1. The number of rotatable bonds is 7. The molecule has 4 N–H and O–H groups in total. The zero-order valence-corrected chi connectivity index (χ0v) is 13.3. The van der Waals surface area contributed by atoms with Gasteiger partial charge in [-0.3, -0.25) is 4.79 Å². The molecule has 118 valence electrons. The van der Waals surface area contributed by atoms with E-state index in [2.05, 4.69) is 10.6 Å². The standard InChI is InChI=1S/C16H26N2O3/c1-12(19)9-17-10-13-5-7-14(8-6-13)21-11-15(20)18-16(2,3)4/h5-8,12,17,19H,9-11H2,1-4H3,(H,18,20)/p+1/t12-/m0/s1. The number of nitrogens with one attached hydrogen (secondary N) is 1. The number of quaternary nitrogens is 1. The molecule has 0 aliphatic carbocycles. The minimum atomic E-state index is -0.297. The van der Waals surface area contributed by atoms with Gasteiger partial charge < -0.3 is 20.5 Å². The predicted octanol–water partition coefficient (Wildman–Crippen LogP) is 0.424. The lowest BCUT2D eigenvalue weighted by Gasteiger charge is -2.20. The van der Waals surface area contributed by atoms with Crippen molar-refractivity contribution in [3.05, 3.63) is 29.8 Å². The maximum atomic E-state index is 11.6. The van der Waals surface area contributed by atoms with Crippen LogP contribution in [0, 0.1) is 0 Å². The fourth-order valence-corrected chi connectivity index (χ4v) is 1.82. The van der Waals surface area contributed by atoms with Crippen molar-refractivity contribution in [2.24, 2.45) is 0 Å². The summed E-state index contributed by atoms with van der Waals surface area (Å²) >= 11 is 0. The lowest BCUT2D eigenvalue weighted by molar-refractivity contribution is -0.676. The third-order valence-corrected chi connectivity index (χ3v) is 2.70. The first-order chi connectivity index (χ1) is 9.76. The highest BCUT2D eigenvalue weighted by Crippen LogP contribution is 2.11. The van der Waals surface area contributed by atoms with E-state index in [1.54, 1.807) is 6.92 Å². The fourth-order valence-electron chi connectivity index (χ4n) is 1.82. The second kappa shape index (κ2) is 8.00. The molecule has 0 radical (unpaired) electrons. The van der Waals surface area contributed by atoms with Gasteiger partial charge in [-0.1, -0.05) is 0 Å². The van der Waals surface area contributed by atoms with E-state index in [0.29, 0.717) is 12.3 Å². The summed E-state index contributed by atoms with van der Waals surface area (Å²) in [5, 5.41) is 14.1. The SMILES string of the molecule is C[C@H](O)C[NH2+]Cc1ccc(OCC(=O)NC(C)(C)C)cc1. The van der Waals surface area contributed by atoms with Gasteiger partial charge in [0.1, 0.15) is 18.8 Å². The molecular formula is C16H27N2O3+. The van der Waals surface area contributed by atoms with Gasteiger partial charge in [0.2, 0.25) is 0 Å². The van der Waals surface area contributed by atoms with Gasteiger partial charge in [0.25, 0.3) is 5.91 Å². The molecule has 0 heterocycles. The van der Waals surface area contributed by atoms with Crippen LogP contribution in [0.5, 0.6) is 5.75 Å². The molecule has 0 aliphatic rings. The third-order valence-electron chi connectivity index (χ3n) is 2.70. The molecule has 5 heteroatoms. The smallest absolute Gasteiger partial charge is 0.258 e. The number of carbonyl (C=O) groups excluding carboxylic acids is 1. The maximum Gasteiger partial charge on any atom is 0.258 e. The molecule has 0 fully saturated rings. The van der Waals surface area contributed by atoms with E-state index in [9.17, 15) is 9.90 Å². The van der Waals surface area contributed by atoms with E-state index >= 15 is 0 Å². The Balaban J connectivity index is 2.35. The zero-order chi connectivity index (χ0) is 15.9. The van der Waals surface area contributed by atoms with E-state index in [4.69, 9.17) is 4.74 Å². The summed E-state index contributed by atoms with van der Waals surface area (Å²) in [7, 11) is 0. The van der Waals surface area contributed by atoms with E-state index < -0.39 is 0 Å². The van der Waals surface area contributed by atoms with Gasteiger partial charge in [0, 0.05) is 11.1 Å². The van der Waals surface area contributed by atoms with Crippen molar-refractivity contribution < 1.29 is 20.0 Å². The molecule has 1 amide bonds. The monoisotopic (exact) mass is 295 g/mol. The van der Waals surface area contributed by atoms with Gasteiger partial charge in [-0.05, 0) is 52.0 Å². The molecule has 0 aromatic heterocycles. The first-order valence-electron chi connectivity index (χ1n) is 7.29. The molecule has 0 saturated heterocycles. The molecule has 1 aromatic carbocycles. The minimum absolute atomic E-state index is 0.0186. The molecule has 5 nitrogen and oxygen atoms in total. The second-order valence-corrected chi connectivity index (χ2v) is 6.31. The highest BCUT2D eigenvalue weighted by molar-refractivity contribution is 5.78. The first kappa shape index (κ1) is 17.5. The normalized spacial score (nSPS) is 12.8. The Morgan fingerprint density at radius 2 is 1.95 bits per heavy atom. The number of nitrogens with two attached hydrogens (primary N) is 1. The Bertz CT molecular complexity index is 436. The summed E-state index contributed by atoms with van der Waals surface area (Å²) in [6, 6.07) is 7.65. The quantitative estimate of drug-likeness (QED) is 0.682. The molecule has 0 unspecified atom stereocenters. The first-order valence-corrected chi connectivity index (χ1v) is 7.29. The van der Waals surface area contributed by atoms with Crippen LogP contribution in [0.15, 0.2) is 24.3 Å². The lowest BCUT2D eigenvalue weighted by Crippen LogP contribution is -2.84. The van der Waals surface area contributed by atoms with Gasteiger partial charge in [-0.2, -0.15) is 0 Å². The topological polar surface area (TPSA) is 75.2 Å². The van der Waals surface area contributed by atoms with Crippen LogP contribution in [0.2, 0.25) is 0 Å². The molecular weight excluding hydrogens is 268 g/mol. The van der Waals surface area contributed by atoms with Crippen molar-refractivity contribution in [1.82, 2.24) is 5.32 Å². The molecule has 1 atom stereocenters. The van der Waals surface area contributed by atoms with Crippen LogP contribution in [0.25, 0.3) is 0 Å². The summed E-state index contributed by atoms with van der Waals surface area (Å²) in [5.74, 6) is 0.551. The minimum Gasteiger partial charge on any atom is -0.484 e. The number of carbonyl (C=O) groups is 1. The van der Waals surface area contributed by atoms with E-state index in [0.717, 1.165) is 12.1 Å². The largest absolute Gasteiger partial charge is 0.484 e. The fraction of sp³-hybridized carbons (Fsp3) is 0.562. The van der Waals surface area contributed by atoms with Gasteiger partial charge in [-0.25, -0.2) is 0 Å². The summed E-state index contributed by atoms with van der Waals surface area (Å²) in [6.07, 6.45) is -0.297. The Labute approximate surface area is 126 Å². The number of benzene rings is 1. The van der Waals surface area contributed by atoms with Gasteiger partial charge >= 0.3 is 0 Å². The Morgan fingerprint density at radius 1 is 1.33 bits per heavy atom. The number of ether oxygens (including phenoxy) is 1. The molecule has 0 spiro atoms. The molecule has 1 rings (SSSR count). The summed E-state index contributed by atoms with van der Waals surface area (Å²) in [4.78, 5) is 11.6. The van der Waals surface area contributed by atoms with Crippen molar-refractivity contribution in [3.8, 4) is 5.75 Å². The molecule has 0 bridgehead atoms. The van der Waals surface area contributed by atoms with Crippen molar-refractivity contribution in [3.63, 3.8) is 0 Å². The Hall–Kier alpha value is -1.59. The van der Waals surface area contributed by atoms with Gasteiger partial charge in [0.05, 0.1) is 6.10 Å². The van der Waals surface area contributed by atoms with E-state index in [1.807, 2.05) is 45.0 Å². The number of hydrogen-bond acceptors (Lipinski definition) is 3. The number of amides is 1. The third kappa shape index (κ3) is 8.32. The van der Waals surface area contributed by atoms with Crippen LogP contribution in [0.4, 0.5) is 0 Å². The molecule has 0 aliphatic heterocycles. The molecule has 21 heavy (non-hydrogen) atoms. The van der Waals surface area contributed by atoms with E-state index in [1.165, 1.54) is 0 Å². The van der Waals surface area contributed by atoms with Crippen LogP contribution >= 0.6 is 0 Å². The van der Waals surface area contributed by atoms with E-state index in [-0.39, 0.29) is 24.2 Å². The number of aliphatic hydroxyl groups excluding tert-OH is 1. The van der Waals surface area contributed by atoms with Gasteiger partial charge in [-0.15, -0.1) is 0 Å². The zero-order valence-electron chi connectivity index (χ0n) is 13.3. The van der Waals surface area contributed by atoms with Crippen LogP contribution in [-0.2, 0) is 11.3 Å². The van der Waals surface area contributed by atoms with Gasteiger partial charge in [0.15, 0.2) is 6.61 Å². The molecule has 1 aromatic rings. The van der Waals surface area contributed by atoms with Crippen molar-refractivity contribution >= 4 is 5.91 Å². The van der Waals surface area contributed by atoms with Crippen LogP contribution in [0.3, 0.4) is 0 Å². The Kier molecular flexibility index (Phi) is 6.65. The molecule has 0 saturated carbocycles. The summed E-state index contributed by atoms with van der Waals surface area (Å²) < 4.78 is 5.45. The van der Waals surface area contributed by atoms with Crippen molar-refractivity contribution in [1.29, 1.82) is 0 Å². The highest BCUT2D eigenvalue weighted by Gasteiger charge is 2.13. The predicted molar refractivity (Wildman–Crippen MR) is 82.0 cm³/mol. The van der Waals surface area contributed by atoms with Crippen LogP contribution in [0.1, 0.15) is 33.3 Å². The maximum absolute atomic E-state index is 11.6. The van der Waals surface area contributed by atoms with Crippen molar-refractivity contribution in [2.45, 2.75) is 45.9 Å². The van der Waals surface area contributed by atoms with Crippen LogP contribution in [-0.4, -0.2) is 35.8 Å².